The molecule has 0 aliphatic heterocycles. The highest BCUT2D eigenvalue weighted by atomic mass is 32.2. The summed E-state index contributed by atoms with van der Waals surface area (Å²) >= 11 is 2.63. The molecule has 0 saturated heterocycles. The van der Waals surface area contributed by atoms with Gasteiger partial charge in [-0.2, -0.15) is 0 Å². The molecule has 1 aromatic carbocycles. The molecule has 0 spiro atoms. The number of carbonyl (C=O) groups is 1. The molecule has 0 saturated carbocycles. The number of nitrogens with one attached hydrogen (secondary N) is 1. The molecule has 5 nitrogen and oxygen atoms in total. The number of hydrogen-bond acceptors (Lipinski definition) is 6. The maximum atomic E-state index is 11.9. The number of hydrogen-bond donors (Lipinski definition) is 2. The minimum absolute atomic E-state index is 0.156. The van der Waals surface area contributed by atoms with Crippen LogP contribution < -0.4 is 5.32 Å². The Bertz CT molecular complexity index is 525. The molecule has 0 aliphatic rings. The van der Waals surface area contributed by atoms with E-state index >= 15 is 0 Å². The predicted molar refractivity (Wildman–Crippen MR) is 67.8 cm³/mol. The molecule has 88 valence electrons. The van der Waals surface area contributed by atoms with Gasteiger partial charge in [0.25, 0.3) is 5.91 Å². The van der Waals surface area contributed by atoms with Gasteiger partial charge in [0.05, 0.1) is 0 Å². The van der Waals surface area contributed by atoms with E-state index in [1.54, 1.807) is 12.1 Å². The molecule has 2 aromatic rings. The summed E-state index contributed by atoms with van der Waals surface area (Å²) in [5.74, 6) is -0.142. The van der Waals surface area contributed by atoms with E-state index in [1.165, 1.54) is 35.4 Å². The van der Waals surface area contributed by atoms with Crippen LogP contribution in [-0.4, -0.2) is 26.9 Å². The van der Waals surface area contributed by atoms with Crippen molar-refractivity contribution in [3.8, 4) is 5.75 Å². The van der Waals surface area contributed by atoms with Gasteiger partial charge in [-0.1, -0.05) is 4.49 Å². The summed E-state index contributed by atoms with van der Waals surface area (Å²) in [6, 6.07) is 6.24. The number of amides is 1. The molecular formula is C10H9N3O2S2. The molecule has 0 fully saturated rings. The average molecular weight is 267 g/mol. The fourth-order valence-electron chi connectivity index (χ4n) is 1.19. The third kappa shape index (κ3) is 2.75. The van der Waals surface area contributed by atoms with Gasteiger partial charge in [0.2, 0.25) is 0 Å². The van der Waals surface area contributed by atoms with Crippen molar-refractivity contribution < 1.29 is 9.90 Å². The number of thioether (sulfide) groups is 1. The van der Waals surface area contributed by atoms with Crippen molar-refractivity contribution in [3.63, 3.8) is 0 Å². The number of rotatable bonds is 3. The summed E-state index contributed by atoms with van der Waals surface area (Å²) < 4.78 is 4.52. The van der Waals surface area contributed by atoms with Gasteiger partial charge >= 0.3 is 0 Å². The second-order valence-corrected chi connectivity index (χ2v) is 4.94. The smallest absolute Gasteiger partial charge is 0.278 e. The Balaban J connectivity index is 2.14. The lowest BCUT2D eigenvalue weighted by atomic mass is 10.3. The summed E-state index contributed by atoms with van der Waals surface area (Å²) in [6.07, 6.45) is 1.87. The van der Waals surface area contributed by atoms with Crippen molar-refractivity contribution in [2.75, 3.05) is 11.6 Å². The molecule has 0 radical (unpaired) electrons. The van der Waals surface area contributed by atoms with Crippen LogP contribution >= 0.6 is 23.3 Å². The van der Waals surface area contributed by atoms with Crippen molar-refractivity contribution >= 4 is 34.9 Å². The van der Waals surface area contributed by atoms with Crippen LogP contribution in [0.25, 0.3) is 0 Å². The third-order valence-corrected chi connectivity index (χ3v) is 3.79. The molecule has 1 heterocycles. The maximum Gasteiger partial charge on any atom is 0.278 e. The molecule has 1 aromatic heterocycles. The topological polar surface area (TPSA) is 75.1 Å². The number of nitrogens with zero attached hydrogens (tertiary/aromatic N) is 2. The first kappa shape index (κ1) is 11.9. The van der Waals surface area contributed by atoms with E-state index in [0.717, 1.165) is 4.21 Å². The maximum absolute atomic E-state index is 11.9. The minimum Gasteiger partial charge on any atom is -0.508 e. The molecule has 2 rings (SSSR count). The molecule has 0 atom stereocenters. The van der Waals surface area contributed by atoms with Crippen LogP contribution in [0.3, 0.4) is 0 Å². The van der Waals surface area contributed by atoms with E-state index in [-0.39, 0.29) is 11.7 Å². The summed E-state index contributed by atoms with van der Waals surface area (Å²) in [7, 11) is 0. The predicted octanol–water partition coefficient (Wildman–Crippen LogP) is 2.22. The molecule has 1 amide bonds. The summed E-state index contributed by atoms with van der Waals surface area (Å²) in [4.78, 5) is 11.9. The van der Waals surface area contributed by atoms with Crippen LogP contribution in [0.2, 0.25) is 0 Å². The van der Waals surface area contributed by atoms with E-state index in [0.29, 0.717) is 11.4 Å². The number of aromatic hydroxyl groups is 1. The molecule has 0 bridgehead atoms. The lowest BCUT2D eigenvalue weighted by Gasteiger charge is -2.03. The van der Waals surface area contributed by atoms with Crippen LogP contribution in [0.5, 0.6) is 5.75 Å². The Hall–Kier alpha value is -1.60. The van der Waals surface area contributed by atoms with Gasteiger partial charge in [0.1, 0.15) is 9.96 Å². The number of phenols is 1. The SMILES string of the molecule is CSc1snnc1C(=O)Nc1ccc(O)cc1. The standard InChI is InChI=1S/C10H9N3O2S2/c1-16-10-8(12-13-17-10)9(15)11-6-2-4-7(14)5-3-6/h2-5,14H,1H3,(H,11,15). The van der Waals surface area contributed by atoms with Gasteiger partial charge in [0, 0.05) is 5.69 Å². The van der Waals surface area contributed by atoms with Crippen molar-refractivity contribution in [2.24, 2.45) is 0 Å². The highest BCUT2D eigenvalue weighted by Crippen LogP contribution is 2.23. The molecule has 2 N–H and O–H groups in total. The van der Waals surface area contributed by atoms with E-state index in [1.807, 2.05) is 6.26 Å². The van der Waals surface area contributed by atoms with E-state index < -0.39 is 0 Å². The second-order valence-electron chi connectivity index (χ2n) is 3.11. The normalized spacial score (nSPS) is 10.2. The summed E-state index contributed by atoms with van der Waals surface area (Å²) in [5, 5.41) is 15.6. The van der Waals surface area contributed by atoms with Crippen molar-refractivity contribution in [3.05, 3.63) is 30.0 Å². The Labute approximate surface area is 106 Å². The number of anilines is 1. The number of carbonyl (C=O) groups excluding carboxylic acids is 1. The summed E-state index contributed by atoms with van der Waals surface area (Å²) in [5.41, 5.74) is 0.934. The molecule has 0 aliphatic carbocycles. The number of phenolic OH excluding ortho intramolecular Hbond substituents is 1. The number of benzene rings is 1. The van der Waals surface area contributed by atoms with Crippen LogP contribution in [0, 0.1) is 0 Å². The molecular weight excluding hydrogens is 258 g/mol. The lowest BCUT2D eigenvalue weighted by Crippen LogP contribution is -2.13. The average Bonchev–Trinajstić information content (AvgIpc) is 2.80. The third-order valence-electron chi connectivity index (χ3n) is 1.98. The van der Waals surface area contributed by atoms with E-state index in [4.69, 9.17) is 5.11 Å². The number of aromatic nitrogens is 2. The minimum atomic E-state index is -0.297. The fraction of sp³-hybridized carbons (Fsp3) is 0.100. The van der Waals surface area contributed by atoms with Gasteiger partial charge in [0.15, 0.2) is 5.69 Å². The van der Waals surface area contributed by atoms with Crippen molar-refractivity contribution in [1.29, 1.82) is 0 Å². The van der Waals surface area contributed by atoms with Crippen LogP contribution in [0.15, 0.2) is 28.5 Å². The largest absolute Gasteiger partial charge is 0.508 e. The Morgan fingerprint density at radius 2 is 2.12 bits per heavy atom. The van der Waals surface area contributed by atoms with Gasteiger partial charge in [-0.3, -0.25) is 4.79 Å². The van der Waals surface area contributed by atoms with Crippen LogP contribution in [-0.2, 0) is 0 Å². The van der Waals surface area contributed by atoms with E-state index in [2.05, 4.69) is 14.9 Å². The molecule has 17 heavy (non-hydrogen) atoms. The van der Waals surface area contributed by atoms with E-state index in [9.17, 15) is 4.79 Å². The monoisotopic (exact) mass is 267 g/mol. The Morgan fingerprint density at radius 1 is 1.41 bits per heavy atom. The second kappa shape index (κ2) is 5.15. The zero-order valence-electron chi connectivity index (χ0n) is 8.88. The fourth-order valence-corrected chi connectivity index (χ4v) is 2.33. The van der Waals surface area contributed by atoms with Gasteiger partial charge < -0.3 is 10.4 Å². The summed E-state index contributed by atoms with van der Waals surface area (Å²) in [6.45, 7) is 0. The van der Waals surface area contributed by atoms with Crippen molar-refractivity contribution in [2.45, 2.75) is 4.21 Å². The molecule has 0 unspecified atom stereocenters. The van der Waals surface area contributed by atoms with Crippen molar-refractivity contribution in [1.82, 2.24) is 9.59 Å². The van der Waals surface area contributed by atoms with Gasteiger partial charge in [-0.25, -0.2) is 0 Å². The zero-order chi connectivity index (χ0) is 12.3. The zero-order valence-corrected chi connectivity index (χ0v) is 10.5. The Kier molecular flexibility index (Phi) is 3.60. The van der Waals surface area contributed by atoms with Gasteiger partial charge in [-0.05, 0) is 42.1 Å². The highest BCUT2D eigenvalue weighted by molar-refractivity contribution is 8.00. The van der Waals surface area contributed by atoms with Crippen LogP contribution in [0.4, 0.5) is 5.69 Å². The molecule has 7 heteroatoms. The quantitative estimate of drug-likeness (QED) is 0.659. The van der Waals surface area contributed by atoms with Crippen LogP contribution in [0.1, 0.15) is 10.5 Å². The Morgan fingerprint density at radius 3 is 2.76 bits per heavy atom. The highest BCUT2D eigenvalue weighted by Gasteiger charge is 2.15. The lowest BCUT2D eigenvalue weighted by molar-refractivity contribution is 0.101. The van der Waals surface area contributed by atoms with Gasteiger partial charge in [-0.15, -0.1) is 16.9 Å². The first-order valence-electron chi connectivity index (χ1n) is 4.67. The first-order valence-corrected chi connectivity index (χ1v) is 6.67. The first-order chi connectivity index (χ1) is 8.20.